The lowest BCUT2D eigenvalue weighted by molar-refractivity contribution is -0.117. The Kier molecular flexibility index (Phi) is 7.62. The van der Waals surface area contributed by atoms with Gasteiger partial charge < -0.3 is 5.32 Å². The third-order valence-corrected chi connectivity index (χ3v) is 1.38. The second-order valence-corrected chi connectivity index (χ2v) is 2.73. The molecule has 0 aromatic heterocycles. The summed E-state index contributed by atoms with van der Waals surface area (Å²) in [7, 11) is 0. The summed E-state index contributed by atoms with van der Waals surface area (Å²) in [5.74, 6) is -0.108. The molecule has 0 rings (SSSR count). The second kappa shape index (κ2) is 8.00. The molecule has 0 spiro atoms. The summed E-state index contributed by atoms with van der Waals surface area (Å²) < 4.78 is 0. The van der Waals surface area contributed by atoms with Crippen molar-refractivity contribution in [2.75, 3.05) is 13.1 Å². The molecule has 0 atom stereocenters. The zero-order valence-electron chi connectivity index (χ0n) is 7.61. The van der Waals surface area contributed by atoms with Gasteiger partial charge in [-0.2, -0.15) is 10.5 Å². The fourth-order valence-electron chi connectivity index (χ4n) is 0.625. The highest BCUT2D eigenvalue weighted by atomic mass is 35.5. The average molecular weight is 207 g/mol. The highest BCUT2D eigenvalue weighted by Crippen LogP contribution is 1.84. The number of carbonyl (C=O) groups excluding carboxylic acids is 1. The van der Waals surface area contributed by atoms with Crippen LogP contribution in [0.4, 0.5) is 0 Å². The first kappa shape index (κ1) is 12.4. The van der Waals surface area contributed by atoms with E-state index in [1.165, 1.54) is 0 Å². The first-order valence-electron chi connectivity index (χ1n) is 3.95. The second-order valence-electron chi connectivity index (χ2n) is 2.54. The number of amides is 1. The Hall–Kier alpha value is -0.620. The van der Waals surface area contributed by atoms with Gasteiger partial charge in [-0.3, -0.25) is 4.79 Å². The van der Waals surface area contributed by atoms with E-state index in [2.05, 4.69) is 27.8 Å². The predicted octanol–water partition coefficient (Wildman–Crippen LogP) is -0.179. The van der Waals surface area contributed by atoms with Gasteiger partial charge in [0, 0.05) is 18.7 Å². The Morgan fingerprint density at radius 3 is 2.69 bits per heavy atom. The summed E-state index contributed by atoms with van der Waals surface area (Å²) in [6.45, 7) is 6.51. The smallest absolute Gasteiger partial charge is 0.246 e. The Morgan fingerprint density at radius 1 is 1.46 bits per heavy atom. The van der Waals surface area contributed by atoms with E-state index in [0.717, 1.165) is 6.42 Å². The molecule has 0 radical (unpaired) electrons. The summed E-state index contributed by atoms with van der Waals surface area (Å²) in [6.07, 6.45) is 0.810. The van der Waals surface area contributed by atoms with Crippen LogP contribution < -0.4 is 21.2 Å². The SMILES string of the molecule is C=C(C)C(=O)NCCCNNNCl. The average Bonchev–Trinajstić information content (AvgIpc) is 2.10. The molecule has 0 aromatic carbocycles. The number of hydrazine groups is 2. The molecular formula is C7H15ClN4O. The number of hydrogen-bond donors (Lipinski definition) is 4. The van der Waals surface area contributed by atoms with Crippen LogP contribution >= 0.6 is 11.8 Å². The van der Waals surface area contributed by atoms with Crippen LogP contribution in [0.1, 0.15) is 13.3 Å². The van der Waals surface area contributed by atoms with Crippen molar-refractivity contribution in [3.63, 3.8) is 0 Å². The maximum Gasteiger partial charge on any atom is 0.246 e. The van der Waals surface area contributed by atoms with E-state index in [9.17, 15) is 4.79 Å². The van der Waals surface area contributed by atoms with Crippen LogP contribution in [0.3, 0.4) is 0 Å². The minimum Gasteiger partial charge on any atom is -0.352 e. The van der Waals surface area contributed by atoms with Crippen LogP contribution in [0.25, 0.3) is 0 Å². The quantitative estimate of drug-likeness (QED) is 0.202. The van der Waals surface area contributed by atoms with Crippen LogP contribution in [-0.2, 0) is 4.79 Å². The van der Waals surface area contributed by atoms with Crippen LogP contribution in [0, 0.1) is 0 Å². The van der Waals surface area contributed by atoms with E-state index in [1.54, 1.807) is 6.92 Å². The van der Waals surface area contributed by atoms with Gasteiger partial charge in [-0.1, -0.05) is 6.58 Å². The molecule has 0 aromatic rings. The van der Waals surface area contributed by atoms with Crippen molar-refractivity contribution in [1.82, 2.24) is 21.2 Å². The molecule has 0 heterocycles. The van der Waals surface area contributed by atoms with Gasteiger partial charge in [-0.15, -0.1) is 0 Å². The van der Waals surface area contributed by atoms with Gasteiger partial charge in [-0.25, -0.2) is 5.43 Å². The van der Waals surface area contributed by atoms with Gasteiger partial charge in [0.15, 0.2) is 0 Å². The van der Waals surface area contributed by atoms with Crippen molar-refractivity contribution in [2.24, 2.45) is 0 Å². The molecule has 6 heteroatoms. The lowest BCUT2D eigenvalue weighted by Gasteiger charge is -2.05. The Bertz CT molecular complexity index is 174. The molecule has 76 valence electrons. The van der Waals surface area contributed by atoms with Gasteiger partial charge in [-0.05, 0) is 25.1 Å². The fourth-order valence-corrected chi connectivity index (χ4v) is 0.692. The molecule has 0 aliphatic carbocycles. The van der Waals surface area contributed by atoms with Crippen molar-refractivity contribution < 1.29 is 4.79 Å². The Morgan fingerprint density at radius 2 is 2.15 bits per heavy atom. The van der Waals surface area contributed by atoms with Gasteiger partial charge in [0.05, 0.1) is 0 Å². The minimum absolute atomic E-state index is 0.108. The monoisotopic (exact) mass is 206 g/mol. The number of halogens is 1. The summed E-state index contributed by atoms with van der Waals surface area (Å²) in [5, 5.41) is 2.70. The van der Waals surface area contributed by atoms with Gasteiger partial charge in [0.2, 0.25) is 5.91 Å². The van der Waals surface area contributed by atoms with Gasteiger partial charge in [0.25, 0.3) is 0 Å². The maximum atomic E-state index is 11.0. The van der Waals surface area contributed by atoms with E-state index >= 15 is 0 Å². The molecule has 5 nitrogen and oxygen atoms in total. The first-order chi connectivity index (χ1) is 6.18. The fraction of sp³-hybridized carbons (Fsp3) is 0.571. The summed E-state index contributed by atoms with van der Waals surface area (Å²) >= 11 is 5.10. The molecule has 13 heavy (non-hydrogen) atoms. The summed E-state index contributed by atoms with van der Waals surface area (Å²) in [5.41, 5.74) is 5.79. The molecular weight excluding hydrogens is 192 g/mol. The highest BCUT2D eigenvalue weighted by Gasteiger charge is 1.98. The summed E-state index contributed by atoms with van der Waals surface area (Å²) in [6, 6.07) is 0. The Balaban J connectivity index is 3.16. The summed E-state index contributed by atoms with van der Waals surface area (Å²) in [4.78, 5) is 13.1. The molecule has 0 unspecified atom stereocenters. The highest BCUT2D eigenvalue weighted by molar-refractivity contribution is 6.13. The van der Waals surface area contributed by atoms with Crippen molar-refractivity contribution in [3.8, 4) is 0 Å². The van der Waals surface area contributed by atoms with Crippen LogP contribution in [0.15, 0.2) is 12.2 Å². The van der Waals surface area contributed by atoms with Crippen molar-refractivity contribution in [2.45, 2.75) is 13.3 Å². The van der Waals surface area contributed by atoms with Crippen LogP contribution in [0.2, 0.25) is 0 Å². The van der Waals surface area contributed by atoms with E-state index in [4.69, 9.17) is 11.8 Å². The lowest BCUT2D eigenvalue weighted by Crippen LogP contribution is -2.39. The molecule has 0 saturated carbocycles. The predicted molar refractivity (Wildman–Crippen MR) is 52.6 cm³/mol. The topological polar surface area (TPSA) is 65.2 Å². The standard InChI is InChI=1S/C7H15ClN4O/c1-6(2)7(13)9-4-3-5-10-12-11-8/h10-12H,1,3-5H2,2H3,(H,9,13). The maximum absolute atomic E-state index is 11.0. The Labute approximate surface area is 83.0 Å². The van der Waals surface area contributed by atoms with Crippen molar-refractivity contribution in [3.05, 3.63) is 12.2 Å². The number of carbonyl (C=O) groups is 1. The normalized spacial score (nSPS) is 9.69. The number of hydrogen-bond acceptors (Lipinski definition) is 4. The van der Waals surface area contributed by atoms with Crippen LogP contribution in [0.5, 0.6) is 0 Å². The van der Waals surface area contributed by atoms with Crippen LogP contribution in [-0.4, -0.2) is 19.0 Å². The van der Waals surface area contributed by atoms with Gasteiger partial charge in [0.1, 0.15) is 0 Å². The number of nitrogens with one attached hydrogen (secondary N) is 4. The molecule has 0 saturated heterocycles. The van der Waals surface area contributed by atoms with Crippen molar-refractivity contribution in [1.29, 1.82) is 0 Å². The third-order valence-electron chi connectivity index (χ3n) is 1.29. The minimum atomic E-state index is -0.108. The molecule has 0 bridgehead atoms. The zero-order valence-corrected chi connectivity index (χ0v) is 8.37. The van der Waals surface area contributed by atoms with E-state index in [-0.39, 0.29) is 5.91 Å². The molecule has 0 aliphatic heterocycles. The van der Waals surface area contributed by atoms with E-state index < -0.39 is 0 Å². The van der Waals surface area contributed by atoms with Gasteiger partial charge >= 0.3 is 0 Å². The molecule has 1 amide bonds. The third kappa shape index (κ3) is 7.73. The van der Waals surface area contributed by atoms with E-state index in [1.807, 2.05) is 0 Å². The molecule has 4 N–H and O–H groups in total. The number of rotatable bonds is 7. The zero-order chi connectivity index (χ0) is 10.1. The molecule has 0 aliphatic rings. The van der Waals surface area contributed by atoms with E-state index in [0.29, 0.717) is 18.7 Å². The van der Waals surface area contributed by atoms with Crippen molar-refractivity contribution >= 4 is 17.7 Å². The largest absolute Gasteiger partial charge is 0.352 e. The lowest BCUT2D eigenvalue weighted by atomic mass is 10.3. The first-order valence-corrected chi connectivity index (χ1v) is 4.33. The molecule has 0 fully saturated rings.